The maximum absolute atomic E-state index is 12.5. The average Bonchev–Trinajstić information content (AvgIpc) is 3.20. The topological polar surface area (TPSA) is 46.3 Å². The van der Waals surface area contributed by atoms with Gasteiger partial charge in [-0.15, -0.1) is 0 Å². The van der Waals surface area contributed by atoms with Crippen molar-refractivity contribution in [2.45, 2.75) is 63.8 Å². The Kier molecular flexibility index (Phi) is 3.33. The molecule has 21 heavy (non-hydrogen) atoms. The zero-order chi connectivity index (χ0) is 14.6. The second-order valence-electron chi connectivity index (χ2n) is 8.87. The SMILES string of the molecule is CN(CC12CC3CC(CC(C3)C1)C2)C(=O)CC(N)C1CC1. The lowest BCUT2D eigenvalue weighted by molar-refractivity contribution is -0.135. The first-order chi connectivity index (χ1) is 10.0. The van der Waals surface area contributed by atoms with E-state index in [4.69, 9.17) is 5.73 Å². The van der Waals surface area contributed by atoms with Gasteiger partial charge in [0.05, 0.1) is 0 Å². The van der Waals surface area contributed by atoms with E-state index in [9.17, 15) is 4.79 Å². The van der Waals surface area contributed by atoms with Crippen molar-refractivity contribution < 1.29 is 4.79 Å². The van der Waals surface area contributed by atoms with Crippen LogP contribution in [-0.4, -0.2) is 30.4 Å². The summed E-state index contributed by atoms with van der Waals surface area (Å²) in [6, 6.07) is 0.108. The maximum Gasteiger partial charge on any atom is 0.223 e. The lowest BCUT2D eigenvalue weighted by atomic mass is 9.49. The first kappa shape index (κ1) is 14.0. The number of carbonyl (C=O) groups is 1. The third-order valence-electron chi connectivity index (χ3n) is 6.80. The van der Waals surface area contributed by atoms with Crippen LogP contribution in [0.4, 0.5) is 0 Å². The first-order valence-corrected chi connectivity index (χ1v) is 9.02. The predicted molar refractivity (Wildman–Crippen MR) is 83.6 cm³/mol. The molecule has 1 atom stereocenters. The molecule has 5 aliphatic rings. The molecule has 0 aromatic heterocycles. The van der Waals surface area contributed by atoms with E-state index in [-0.39, 0.29) is 11.9 Å². The summed E-state index contributed by atoms with van der Waals surface area (Å²) in [5.74, 6) is 3.81. The Morgan fingerprint density at radius 3 is 2.14 bits per heavy atom. The Morgan fingerprint density at radius 1 is 1.14 bits per heavy atom. The number of hydrogen-bond acceptors (Lipinski definition) is 2. The van der Waals surface area contributed by atoms with Crippen molar-refractivity contribution in [1.29, 1.82) is 0 Å². The molecule has 5 fully saturated rings. The molecule has 0 radical (unpaired) electrons. The Balaban J connectivity index is 1.37. The molecule has 5 saturated carbocycles. The Hall–Kier alpha value is -0.570. The summed E-state index contributed by atoms with van der Waals surface area (Å²) >= 11 is 0. The Labute approximate surface area is 128 Å². The lowest BCUT2D eigenvalue weighted by Gasteiger charge is -2.57. The standard InChI is InChI=1S/C18H30N2O/c1-20(17(21)7-16(19)15-2-3-15)11-18-8-12-4-13(9-18)6-14(5-12)10-18/h12-16H,2-11,19H2,1H3. The van der Waals surface area contributed by atoms with Gasteiger partial charge in [0, 0.05) is 26.1 Å². The Morgan fingerprint density at radius 2 is 1.67 bits per heavy atom. The van der Waals surface area contributed by atoms with Gasteiger partial charge >= 0.3 is 0 Å². The van der Waals surface area contributed by atoms with Gasteiger partial charge in [0.25, 0.3) is 0 Å². The fourth-order valence-corrected chi connectivity index (χ4v) is 6.12. The van der Waals surface area contributed by atoms with Gasteiger partial charge < -0.3 is 10.6 Å². The van der Waals surface area contributed by atoms with Crippen molar-refractivity contribution in [2.24, 2.45) is 34.8 Å². The molecule has 0 heterocycles. The molecule has 5 rings (SSSR count). The second-order valence-corrected chi connectivity index (χ2v) is 8.87. The van der Waals surface area contributed by atoms with Crippen LogP contribution in [0.1, 0.15) is 57.8 Å². The van der Waals surface area contributed by atoms with E-state index in [1.165, 1.54) is 51.4 Å². The monoisotopic (exact) mass is 290 g/mol. The summed E-state index contributed by atoms with van der Waals surface area (Å²) in [4.78, 5) is 14.5. The molecule has 5 aliphatic carbocycles. The van der Waals surface area contributed by atoms with Crippen LogP contribution < -0.4 is 5.73 Å². The van der Waals surface area contributed by atoms with Crippen molar-refractivity contribution in [2.75, 3.05) is 13.6 Å². The van der Waals surface area contributed by atoms with Gasteiger partial charge in [0.1, 0.15) is 0 Å². The first-order valence-electron chi connectivity index (χ1n) is 9.02. The highest BCUT2D eigenvalue weighted by atomic mass is 16.2. The van der Waals surface area contributed by atoms with Gasteiger partial charge in [-0.05, 0) is 80.5 Å². The number of amides is 1. The van der Waals surface area contributed by atoms with Crippen LogP contribution in [0.2, 0.25) is 0 Å². The quantitative estimate of drug-likeness (QED) is 0.846. The summed E-state index contributed by atoms with van der Waals surface area (Å²) < 4.78 is 0. The molecule has 0 aliphatic heterocycles. The number of carbonyl (C=O) groups excluding carboxylic acids is 1. The molecule has 2 N–H and O–H groups in total. The zero-order valence-electron chi connectivity index (χ0n) is 13.4. The van der Waals surface area contributed by atoms with E-state index in [1.54, 1.807) is 0 Å². The fraction of sp³-hybridized carbons (Fsp3) is 0.944. The van der Waals surface area contributed by atoms with Crippen LogP contribution in [0.15, 0.2) is 0 Å². The Bertz CT molecular complexity index is 394. The van der Waals surface area contributed by atoms with E-state index < -0.39 is 0 Å². The third-order valence-corrected chi connectivity index (χ3v) is 6.80. The molecule has 0 aromatic rings. The van der Waals surface area contributed by atoms with Gasteiger partial charge in [-0.3, -0.25) is 4.79 Å². The van der Waals surface area contributed by atoms with Crippen LogP contribution in [0.25, 0.3) is 0 Å². The van der Waals surface area contributed by atoms with Crippen LogP contribution >= 0.6 is 0 Å². The minimum absolute atomic E-state index is 0.108. The van der Waals surface area contributed by atoms with Crippen molar-refractivity contribution in [3.05, 3.63) is 0 Å². The smallest absolute Gasteiger partial charge is 0.223 e. The molecule has 118 valence electrons. The van der Waals surface area contributed by atoms with Gasteiger partial charge in [-0.2, -0.15) is 0 Å². The van der Waals surface area contributed by atoms with E-state index >= 15 is 0 Å². The van der Waals surface area contributed by atoms with Crippen molar-refractivity contribution in [3.63, 3.8) is 0 Å². The fourth-order valence-electron chi connectivity index (χ4n) is 6.12. The van der Waals surface area contributed by atoms with Crippen molar-refractivity contribution in [3.8, 4) is 0 Å². The molecular formula is C18H30N2O. The highest BCUT2D eigenvalue weighted by Gasteiger charge is 2.51. The molecule has 3 heteroatoms. The normalized spacial score (nSPS) is 42.1. The summed E-state index contributed by atoms with van der Waals surface area (Å²) in [5, 5.41) is 0. The summed E-state index contributed by atoms with van der Waals surface area (Å²) in [6.45, 7) is 0.993. The van der Waals surface area contributed by atoms with Crippen molar-refractivity contribution >= 4 is 5.91 Å². The highest BCUT2D eigenvalue weighted by Crippen LogP contribution is 2.60. The van der Waals surface area contributed by atoms with E-state index in [1.807, 2.05) is 11.9 Å². The van der Waals surface area contributed by atoms with Gasteiger partial charge in [-0.25, -0.2) is 0 Å². The maximum atomic E-state index is 12.5. The molecule has 1 unspecified atom stereocenters. The van der Waals surface area contributed by atoms with Gasteiger partial charge in [0.2, 0.25) is 5.91 Å². The predicted octanol–water partition coefficient (Wildman–Crippen LogP) is 2.79. The molecule has 0 spiro atoms. The molecular weight excluding hydrogens is 260 g/mol. The van der Waals surface area contributed by atoms with E-state index in [0.717, 1.165) is 24.3 Å². The molecule has 0 aromatic carbocycles. The summed E-state index contributed by atoms with van der Waals surface area (Å²) in [5.41, 5.74) is 6.59. The highest BCUT2D eigenvalue weighted by molar-refractivity contribution is 5.76. The van der Waals surface area contributed by atoms with E-state index in [2.05, 4.69) is 0 Å². The summed E-state index contributed by atoms with van der Waals surface area (Å²) in [6.07, 6.45) is 11.6. The summed E-state index contributed by atoms with van der Waals surface area (Å²) in [7, 11) is 2.01. The van der Waals surface area contributed by atoms with Crippen LogP contribution in [-0.2, 0) is 4.79 Å². The number of nitrogens with two attached hydrogens (primary N) is 1. The van der Waals surface area contributed by atoms with Crippen LogP contribution in [0.3, 0.4) is 0 Å². The molecule has 1 amide bonds. The number of hydrogen-bond donors (Lipinski definition) is 1. The zero-order valence-corrected chi connectivity index (χ0v) is 13.4. The lowest BCUT2D eigenvalue weighted by Crippen LogP contribution is -2.51. The van der Waals surface area contributed by atoms with Crippen molar-refractivity contribution in [1.82, 2.24) is 4.90 Å². The van der Waals surface area contributed by atoms with Crippen LogP contribution in [0, 0.1) is 29.1 Å². The minimum atomic E-state index is 0.108. The minimum Gasteiger partial charge on any atom is -0.345 e. The van der Waals surface area contributed by atoms with Crippen LogP contribution in [0.5, 0.6) is 0 Å². The van der Waals surface area contributed by atoms with E-state index in [0.29, 0.717) is 17.8 Å². The van der Waals surface area contributed by atoms with Gasteiger partial charge in [0.15, 0.2) is 0 Å². The number of nitrogens with zero attached hydrogens (tertiary/aromatic N) is 1. The average molecular weight is 290 g/mol. The van der Waals surface area contributed by atoms with Gasteiger partial charge in [-0.1, -0.05) is 0 Å². The number of rotatable bonds is 5. The third kappa shape index (κ3) is 2.74. The molecule has 3 nitrogen and oxygen atoms in total. The molecule has 0 saturated heterocycles. The second kappa shape index (κ2) is 4.97. The molecule has 4 bridgehead atoms. The largest absolute Gasteiger partial charge is 0.345 e.